The number of thiocyanates is 1. The van der Waals surface area contributed by atoms with E-state index in [-0.39, 0.29) is 22.4 Å². The van der Waals surface area contributed by atoms with E-state index < -0.39 is 0 Å². The van der Waals surface area contributed by atoms with Crippen LogP contribution in [0.4, 0.5) is 0 Å². The number of hydrogen-bond donors (Lipinski definition) is 1. The molecule has 138 valence electrons. The van der Waals surface area contributed by atoms with Crippen LogP contribution in [0.1, 0.15) is 68.6 Å². The molecule has 1 aromatic heterocycles. The van der Waals surface area contributed by atoms with Gasteiger partial charge in [0, 0.05) is 47.3 Å². The molecule has 0 bridgehead atoms. The summed E-state index contributed by atoms with van der Waals surface area (Å²) < 4.78 is 1.77. The lowest BCUT2D eigenvalue weighted by Gasteiger charge is -2.28. The Morgan fingerprint density at radius 1 is 1.04 bits per heavy atom. The van der Waals surface area contributed by atoms with Crippen molar-refractivity contribution >= 4 is 17.5 Å². The second-order valence-corrected chi connectivity index (χ2v) is 9.43. The fourth-order valence-corrected chi connectivity index (χ4v) is 3.37. The van der Waals surface area contributed by atoms with Gasteiger partial charge >= 0.3 is 0 Å². The normalized spacial score (nSPS) is 12.1. The van der Waals surface area contributed by atoms with Gasteiger partial charge in [-0.3, -0.25) is 4.79 Å². The van der Waals surface area contributed by atoms with E-state index in [9.17, 15) is 9.90 Å². The first-order valence-electron chi connectivity index (χ1n) is 8.51. The van der Waals surface area contributed by atoms with Crippen molar-refractivity contribution in [3.8, 4) is 11.2 Å². The van der Waals surface area contributed by atoms with E-state index >= 15 is 0 Å². The number of nitrogens with zero attached hydrogens (tertiary/aromatic N) is 2. The Balaban J connectivity index is 2.64. The van der Waals surface area contributed by atoms with Crippen molar-refractivity contribution in [3.05, 3.63) is 46.6 Å². The van der Waals surface area contributed by atoms with Crippen molar-refractivity contribution in [2.45, 2.75) is 57.4 Å². The van der Waals surface area contributed by atoms with Crippen LogP contribution in [0.3, 0.4) is 0 Å². The molecule has 26 heavy (non-hydrogen) atoms. The van der Waals surface area contributed by atoms with Crippen LogP contribution in [0, 0.1) is 10.7 Å². The van der Waals surface area contributed by atoms with Crippen molar-refractivity contribution in [1.82, 2.24) is 4.57 Å². The van der Waals surface area contributed by atoms with E-state index in [4.69, 9.17) is 5.26 Å². The SMILES string of the molecule is Cn1cc(C(=O)c2cc(C(C)(C)C)c(O)c(C(C)(C)C)c2)cc1SC#N. The maximum absolute atomic E-state index is 13.1. The van der Waals surface area contributed by atoms with E-state index in [0.29, 0.717) is 11.1 Å². The number of thioether (sulfide) groups is 1. The first-order valence-corrected chi connectivity index (χ1v) is 9.33. The molecular weight excluding hydrogens is 344 g/mol. The number of phenols is 1. The number of phenolic OH excluding ortho intramolecular Hbond substituents is 1. The highest BCUT2D eigenvalue weighted by molar-refractivity contribution is 8.03. The van der Waals surface area contributed by atoms with Gasteiger partial charge in [0.15, 0.2) is 5.78 Å². The molecule has 1 heterocycles. The fourth-order valence-electron chi connectivity index (χ4n) is 2.89. The van der Waals surface area contributed by atoms with Crippen molar-refractivity contribution < 1.29 is 9.90 Å². The molecule has 1 aromatic carbocycles. The second-order valence-electron chi connectivity index (χ2n) is 8.62. The van der Waals surface area contributed by atoms with Crippen LogP contribution in [0.25, 0.3) is 0 Å². The molecule has 0 atom stereocenters. The summed E-state index contributed by atoms with van der Waals surface area (Å²) in [4.78, 5) is 13.1. The number of carbonyl (C=O) groups excluding carboxylic acids is 1. The van der Waals surface area contributed by atoms with Gasteiger partial charge in [0.05, 0.1) is 5.03 Å². The maximum Gasteiger partial charge on any atom is 0.194 e. The monoisotopic (exact) mass is 370 g/mol. The molecule has 0 saturated heterocycles. The minimum absolute atomic E-state index is 0.110. The van der Waals surface area contributed by atoms with Crippen LogP contribution in [-0.2, 0) is 17.9 Å². The average Bonchev–Trinajstić information content (AvgIpc) is 2.86. The Hall–Kier alpha value is -2.19. The zero-order chi connectivity index (χ0) is 19.9. The van der Waals surface area contributed by atoms with E-state index in [0.717, 1.165) is 27.9 Å². The Kier molecular flexibility index (Phi) is 5.30. The zero-order valence-electron chi connectivity index (χ0n) is 16.5. The molecule has 0 unspecified atom stereocenters. The van der Waals surface area contributed by atoms with Crippen LogP contribution in [0.5, 0.6) is 5.75 Å². The largest absolute Gasteiger partial charge is 0.507 e. The standard InChI is InChI=1S/C21H26N2O2S/c1-20(2,3)15-8-13(9-16(19(15)25)21(4,5)6)18(24)14-10-17(26-12-22)23(7)11-14/h8-11,25H,1-7H3. The van der Waals surface area contributed by atoms with E-state index in [1.807, 2.05) is 54.0 Å². The van der Waals surface area contributed by atoms with E-state index in [2.05, 4.69) is 0 Å². The highest BCUT2D eigenvalue weighted by Gasteiger charge is 2.28. The first-order chi connectivity index (χ1) is 11.9. The average molecular weight is 371 g/mol. The number of rotatable bonds is 3. The Labute approximate surface area is 159 Å². The summed E-state index contributed by atoms with van der Waals surface area (Å²) in [5, 5.41) is 22.4. The number of nitriles is 1. The molecule has 0 saturated carbocycles. The van der Waals surface area contributed by atoms with Crippen LogP contribution < -0.4 is 0 Å². The van der Waals surface area contributed by atoms with Gasteiger partial charge in [-0.05, 0) is 29.0 Å². The Bertz CT molecular complexity index is 855. The molecule has 0 aliphatic heterocycles. The highest BCUT2D eigenvalue weighted by atomic mass is 32.2. The quantitative estimate of drug-likeness (QED) is 0.462. The third kappa shape index (κ3) is 3.96. The third-order valence-electron chi connectivity index (χ3n) is 4.36. The maximum atomic E-state index is 13.1. The van der Waals surface area contributed by atoms with Gasteiger partial charge in [-0.15, -0.1) is 0 Å². The van der Waals surface area contributed by atoms with Crippen LogP contribution in [0.2, 0.25) is 0 Å². The molecule has 0 radical (unpaired) electrons. The summed E-state index contributed by atoms with van der Waals surface area (Å²) in [6.45, 7) is 12.1. The van der Waals surface area contributed by atoms with Crippen LogP contribution >= 0.6 is 11.8 Å². The predicted molar refractivity (Wildman–Crippen MR) is 106 cm³/mol. The van der Waals surface area contributed by atoms with Gasteiger partial charge in [0.1, 0.15) is 11.2 Å². The lowest BCUT2D eigenvalue weighted by atomic mass is 9.78. The van der Waals surface area contributed by atoms with Crippen molar-refractivity contribution in [1.29, 1.82) is 5.26 Å². The number of aromatic nitrogens is 1. The molecular formula is C21H26N2O2S. The fraction of sp³-hybridized carbons (Fsp3) is 0.429. The van der Waals surface area contributed by atoms with Crippen molar-refractivity contribution in [2.24, 2.45) is 7.05 Å². The second kappa shape index (κ2) is 6.85. The summed E-state index contributed by atoms with van der Waals surface area (Å²) in [5.74, 6) is 0.150. The number of benzene rings is 1. The molecule has 0 spiro atoms. The smallest absolute Gasteiger partial charge is 0.194 e. The number of aromatic hydroxyl groups is 1. The van der Waals surface area contributed by atoms with E-state index in [1.54, 1.807) is 29.0 Å². The lowest BCUT2D eigenvalue weighted by molar-refractivity contribution is 0.103. The Morgan fingerprint density at radius 3 is 1.96 bits per heavy atom. The molecule has 4 nitrogen and oxygen atoms in total. The molecule has 1 N–H and O–H groups in total. The molecule has 0 amide bonds. The number of carbonyl (C=O) groups is 1. The minimum atomic E-state index is -0.293. The Morgan fingerprint density at radius 2 is 1.54 bits per heavy atom. The number of aryl methyl sites for hydroxylation is 1. The minimum Gasteiger partial charge on any atom is -0.507 e. The summed E-state index contributed by atoms with van der Waals surface area (Å²) in [5.41, 5.74) is 2.02. The van der Waals surface area contributed by atoms with Gasteiger partial charge in [0.2, 0.25) is 0 Å². The van der Waals surface area contributed by atoms with Gasteiger partial charge in [-0.1, -0.05) is 41.5 Å². The lowest BCUT2D eigenvalue weighted by Crippen LogP contribution is -2.19. The molecule has 0 fully saturated rings. The molecule has 0 aliphatic carbocycles. The van der Waals surface area contributed by atoms with Gasteiger partial charge in [-0.2, -0.15) is 5.26 Å². The van der Waals surface area contributed by atoms with Crippen molar-refractivity contribution in [3.63, 3.8) is 0 Å². The summed E-state index contributed by atoms with van der Waals surface area (Å²) in [6.07, 6.45) is 1.74. The van der Waals surface area contributed by atoms with E-state index in [1.165, 1.54) is 0 Å². The summed E-state index contributed by atoms with van der Waals surface area (Å²) in [6, 6.07) is 5.31. The number of ketones is 1. The molecule has 5 heteroatoms. The van der Waals surface area contributed by atoms with Gasteiger partial charge in [0.25, 0.3) is 0 Å². The number of hydrogen-bond acceptors (Lipinski definition) is 4. The molecule has 0 aliphatic rings. The zero-order valence-corrected chi connectivity index (χ0v) is 17.3. The molecule has 2 aromatic rings. The first kappa shape index (κ1) is 20.1. The summed E-state index contributed by atoms with van der Waals surface area (Å²) in [7, 11) is 1.81. The topological polar surface area (TPSA) is 66.0 Å². The molecule has 2 rings (SSSR count). The van der Waals surface area contributed by atoms with Crippen LogP contribution in [0.15, 0.2) is 29.4 Å². The highest BCUT2D eigenvalue weighted by Crippen LogP contribution is 2.40. The van der Waals surface area contributed by atoms with Crippen LogP contribution in [-0.4, -0.2) is 15.5 Å². The third-order valence-corrected chi connectivity index (χ3v) is 5.07. The predicted octanol–water partition coefficient (Wildman–Crippen LogP) is 5.13. The summed E-state index contributed by atoms with van der Waals surface area (Å²) >= 11 is 1.03. The van der Waals surface area contributed by atoms with Gasteiger partial charge < -0.3 is 9.67 Å². The van der Waals surface area contributed by atoms with Crippen molar-refractivity contribution in [2.75, 3.05) is 0 Å². The van der Waals surface area contributed by atoms with Gasteiger partial charge in [-0.25, -0.2) is 0 Å².